The summed E-state index contributed by atoms with van der Waals surface area (Å²) in [5, 5.41) is 13.4. The highest BCUT2D eigenvalue weighted by atomic mass is 31.2. The lowest BCUT2D eigenvalue weighted by Gasteiger charge is -2.23. The molecule has 0 saturated heterocycles. The average Bonchev–Trinajstić information content (AvgIpc) is 2.99. The fourth-order valence-corrected chi connectivity index (χ4v) is 4.87. The van der Waals surface area contributed by atoms with Crippen LogP contribution >= 0.6 is 7.82 Å². The Morgan fingerprint density at radius 2 is 1.37 bits per heavy atom. The van der Waals surface area contributed by atoms with Crippen molar-refractivity contribution in [3.05, 3.63) is 60.8 Å². The molecule has 0 aliphatic rings. The Morgan fingerprint density at radius 3 is 2.05 bits per heavy atom. The number of hydrogen-bond acceptors (Lipinski definition) is 6. The number of aliphatic hydroxyl groups excluding tert-OH is 1. The summed E-state index contributed by atoms with van der Waals surface area (Å²) in [6, 6.07) is -0.880. The fourth-order valence-electron chi connectivity index (χ4n) is 4.11. The van der Waals surface area contributed by atoms with Crippen LogP contribution in [0.1, 0.15) is 117 Å². The van der Waals surface area contributed by atoms with Crippen molar-refractivity contribution in [3.8, 4) is 0 Å². The number of phosphoric acid groups is 1. The molecule has 43 heavy (non-hydrogen) atoms. The summed E-state index contributed by atoms with van der Waals surface area (Å²) in [5.74, 6) is -0.224. The summed E-state index contributed by atoms with van der Waals surface area (Å²) in [6.07, 6.45) is 35.8. The van der Waals surface area contributed by atoms with E-state index in [1.807, 2.05) is 6.08 Å². The summed E-state index contributed by atoms with van der Waals surface area (Å²) >= 11 is 0. The Morgan fingerprint density at radius 1 is 0.791 bits per heavy atom. The molecule has 1 amide bonds. The highest BCUT2D eigenvalue weighted by molar-refractivity contribution is 7.47. The standard InChI is InChI=1S/C34H61N2O6P/c1-3-5-7-9-11-12-13-14-15-16-17-18-19-20-22-24-26-28-34(38)36-32(31-42-43(39,40)41-30-29-35)33(37)27-25-23-21-10-8-6-4-2/h5,7-8,10-12,14-15,25,27,32-33,37H,3-4,6,9,13,16-24,26,28-31,35H2,1-2H3,(H,36,38)(H,39,40)/b7-5-,10-8+,12-11-,15-14-,27-25+. The molecular formula is C34H61N2O6P. The van der Waals surface area contributed by atoms with E-state index in [1.165, 1.54) is 19.3 Å². The summed E-state index contributed by atoms with van der Waals surface area (Å²) in [7, 11) is -4.33. The number of unbranched alkanes of at least 4 members (excludes halogenated alkanes) is 9. The number of hydrogen-bond donors (Lipinski definition) is 4. The quantitative estimate of drug-likeness (QED) is 0.0377. The molecule has 0 spiro atoms. The minimum Gasteiger partial charge on any atom is -0.387 e. The normalized spacial score (nSPS) is 15.4. The van der Waals surface area contributed by atoms with Crippen LogP contribution in [-0.2, 0) is 18.4 Å². The van der Waals surface area contributed by atoms with Crippen LogP contribution in [0.3, 0.4) is 0 Å². The molecule has 0 aliphatic carbocycles. The first-order valence-electron chi connectivity index (χ1n) is 16.4. The molecule has 0 radical (unpaired) electrons. The number of nitrogens with one attached hydrogen (secondary N) is 1. The highest BCUT2D eigenvalue weighted by Crippen LogP contribution is 2.43. The van der Waals surface area contributed by atoms with Crippen LogP contribution in [0.15, 0.2) is 60.8 Å². The number of rotatable bonds is 29. The first-order valence-corrected chi connectivity index (χ1v) is 17.9. The van der Waals surface area contributed by atoms with Gasteiger partial charge < -0.3 is 21.1 Å². The van der Waals surface area contributed by atoms with Gasteiger partial charge in [0.2, 0.25) is 5.91 Å². The van der Waals surface area contributed by atoms with Crippen molar-refractivity contribution in [1.29, 1.82) is 0 Å². The summed E-state index contributed by atoms with van der Waals surface area (Å²) in [4.78, 5) is 22.4. The number of phosphoric ester groups is 1. The lowest BCUT2D eigenvalue weighted by Crippen LogP contribution is -2.45. The van der Waals surface area contributed by atoms with Crippen LogP contribution in [-0.4, -0.2) is 47.8 Å². The van der Waals surface area contributed by atoms with E-state index < -0.39 is 20.0 Å². The topological polar surface area (TPSA) is 131 Å². The molecular weight excluding hydrogens is 563 g/mol. The predicted molar refractivity (Wildman–Crippen MR) is 180 cm³/mol. The largest absolute Gasteiger partial charge is 0.472 e. The van der Waals surface area contributed by atoms with Gasteiger partial charge in [-0.2, -0.15) is 0 Å². The zero-order valence-electron chi connectivity index (χ0n) is 26.9. The number of aliphatic hydroxyl groups is 1. The van der Waals surface area contributed by atoms with Crippen molar-refractivity contribution in [2.45, 2.75) is 129 Å². The Balaban J connectivity index is 4.30. The van der Waals surface area contributed by atoms with Gasteiger partial charge in [0.1, 0.15) is 0 Å². The molecule has 0 saturated carbocycles. The second-order valence-electron chi connectivity index (χ2n) is 10.6. The zero-order valence-corrected chi connectivity index (χ0v) is 27.8. The maximum absolute atomic E-state index is 12.6. The smallest absolute Gasteiger partial charge is 0.387 e. The molecule has 9 heteroatoms. The molecule has 0 aliphatic heterocycles. The molecule has 3 atom stereocenters. The molecule has 0 aromatic rings. The van der Waals surface area contributed by atoms with Gasteiger partial charge >= 0.3 is 7.82 Å². The van der Waals surface area contributed by atoms with Crippen molar-refractivity contribution < 1.29 is 28.4 Å². The highest BCUT2D eigenvalue weighted by Gasteiger charge is 2.26. The SMILES string of the molecule is CC/C=C\C/C=C\C/C=C\CCCCCCCCCC(=O)NC(COP(=O)(O)OCCN)C(O)/C=C/CC/C=C/CCC. The second kappa shape index (κ2) is 30.2. The third-order valence-corrected chi connectivity index (χ3v) is 7.54. The van der Waals surface area contributed by atoms with Gasteiger partial charge in [0.05, 0.1) is 25.4 Å². The van der Waals surface area contributed by atoms with E-state index in [2.05, 4.69) is 67.8 Å². The third kappa shape index (κ3) is 28.7. The Labute approximate surface area is 262 Å². The Kier molecular flexibility index (Phi) is 29.0. The summed E-state index contributed by atoms with van der Waals surface area (Å²) in [5.41, 5.74) is 5.32. The first kappa shape index (κ1) is 41.2. The second-order valence-corrected chi connectivity index (χ2v) is 12.1. The number of allylic oxidation sites excluding steroid dienone is 9. The van der Waals surface area contributed by atoms with Crippen molar-refractivity contribution in [2.75, 3.05) is 19.8 Å². The number of carbonyl (C=O) groups excluding carboxylic acids is 1. The van der Waals surface area contributed by atoms with E-state index in [1.54, 1.807) is 6.08 Å². The number of amides is 1. The molecule has 0 bridgehead atoms. The molecule has 0 fully saturated rings. The summed E-state index contributed by atoms with van der Waals surface area (Å²) in [6.45, 7) is 3.84. The van der Waals surface area contributed by atoms with Crippen molar-refractivity contribution >= 4 is 13.7 Å². The predicted octanol–water partition coefficient (Wildman–Crippen LogP) is 7.99. The van der Waals surface area contributed by atoms with Crippen LogP contribution in [0.5, 0.6) is 0 Å². The van der Waals surface area contributed by atoms with E-state index >= 15 is 0 Å². The number of carbonyl (C=O) groups is 1. The van der Waals surface area contributed by atoms with Crippen LogP contribution in [0.2, 0.25) is 0 Å². The van der Waals surface area contributed by atoms with Gasteiger partial charge in [-0.15, -0.1) is 0 Å². The van der Waals surface area contributed by atoms with E-state index in [4.69, 9.17) is 14.8 Å². The van der Waals surface area contributed by atoms with Crippen molar-refractivity contribution in [3.63, 3.8) is 0 Å². The minimum atomic E-state index is -4.33. The van der Waals surface area contributed by atoms with Gasteiger partial charge in [-0.1, -0.05) is 113 Å². The molecule has 3 unspecified atom stereocenters. The lowest BCUT2D eigenvalue weighted by molar-refractivity contribution is -0.123. The number of nitrogens with two attached hydrogens (primary N) is 1. The maximum atomic E-state index is 12.6. The first-order chi connectivity index (χ1) is 20.9. The van der Waals surface area contributed by atoms with Gasteiger partial charge in [-0.3, -0.25) is 13.8 Å². The lowest BCUT2D eigenvalue weighted by atomic mass is 10.1. The Bertz CT molecular complexity index is 856. The molecule has 8 nitrogen and oxygen atoms in total. The minimum absolute atomic E-state index is 0.0687. The van der Waals surface area contributed by atoms with E-state index in [-0.39, 0.29) is 25.7 Å². The van der Waals surface area contributed by atoms with Gasteiger partial charge in [0, 0.05) is 13.0 Å². The van der Waals surface area contributed by atoms with Gasteiger partial charge in [-0.05, 0) is 57.8 Å². The third-order valence-electron chi connectivity index (χ3n) is 6.56. The average molecular weight is 625 g/mol. The zero-order chi connectivity index (χ0) is 31.9. The van der Waals surface area contributed by atoms with Crippen molar-refractivity contribution in [1.82, 2.24) is 5.32 Å². The van der Waals surface area contributed by atoms with E-state index in [9.17, 15) is 19.4 Å². The van der Waals surface area contributed by atoms with Gasteiger partial charge in [0.15, 0.2) is 0 Å². The van der Waals surface area contributed by atoms with Crippen LogP contribution in [0.4, 0.5) is 0 Å². The van der Waals surface area contributed by atoms with Crippen LogP contribution < -0.4 is 11.1 Å². The van der Waals surface area contributed by atoms with Crippen LogP contribution in [0.25, 0.3) is 0 Å². The van der Waals surface area contributed by atoms with Gasteiger partial charge in [0.25, 0.3) is 0 Å². The summed E-state index contributed by atoms with van der Waals surface area (Å²) < 4.78 is 21.8. The maximum Gasteiger partial charge on any atom is 0.472 e. The molecule has 0 rings (SSSR count). The van der Waals surface area contributed by atoms with Crippen molar-refractivity contribution in [2.24, 2.45) is 5.73 Å². The molecule has 0 aromatic heterocycles. The fraction of sp³-hybridized carbons (Fsp3) is 0.676. The molecule has 5 N–H and O–H groups in total. The Hall–Kier alpha value is -1.80. The molecule has 0 heterocycles. The molecule has 248 valence electrons. The molecule has 0 aromatic carbocycles. The monoisotopic (exact) mass is 624 g/mol. The van der Waals surface area contributed by atoms with Gasteiger partial charge in [-0.25, -0.2) is 4.57 Å². The van der Waals surface area contributed by atoms with Crippen LogP contribution in [0, 0.1) is 0 Å². The van der Waals surface area contributed by atoms with E-state index in [0.29, 0.717) is 6.42 Å². The van der Waals surface area contributed by atoms with E-state index in [0.717, 1.165) is 77.0 Å².